The van der Waals surface area contributed by atoms with Crippen LogP contribution in [-0.4, -0.2) is 23.2 Å². The van der Waals surface area contributed by atoms with Gasteiger partial charge in [0.25, 0.3) is 0 Å². The van der Waals surface area contributed by atoms with E-state index in [1.165, 1.54) is 6.07 Å². The van der Waals surface area contributed by atoms with Gasteiger partial charge in [-0.05, 0) is 31.7 Å². The van der Waals surface area contributed by atoms with Crippen LogP contribution in [-0.2, 0) is 11.3 Å². The average molecular weight is 282 g/mol. The van der Waals surface area contributed by atoms with Crippen LogP contribution in [0, 0.1) is 10.1 Å². The minimum atomic E-state index is -0.517. The summed E-state index contributed by atoms with van der Waals surface area (Å²) in [5.41, 5.74) is -0.0227. The molecule has 1 aliphatic rings. The van der Waals surface area contributed by atoms with Crippen LogP contribution in [0.15, 0.2) is 16.5 Å². The molecule has 0 saturated carbocycles. The smallest absolute Gasteiger partial charge is 0.404 e. The van der Waals surface area contributed by atoms with E-state index in [0.29, 0.717) is 18.3 Å². The van der Waals surface area contributed by atoms with Crippen LogP contribution in [0.2, 0.25) is 0 Å². The van der Waals surface area contributed by atoms with E-state index in [4.69, 9.17) is 9.15 Å². The number of nitrogens with one attached hydrogen (secondary N) is 1. The molecule has 2 rings (SSSR count). The predicted octanol–water partition coefficient (Wildman–Crippen LogP) is 3.02. The third-order valence-corrected chi connectivity index (χ3v) is 4.17. The molecule has 0 aliphatic carbocycles. The lowest BCUT2D eigenvalue weighted by atomic mass is 9.86. The molecular formula is C14H22N2O4. The molecule has 1 aromatic rings. The standard InChI is InChI=1S/C14H22N2O4/c1-3-14(4-2)9-11(7-8-19-14)15-10-12-5-6-13(20-12)16(17)18/h5-6,11,15H,3-4,7-10H2,1-2H3. The third-order valence-electron chi connectivity index (χ3n) is 4.17. The summed E-state index contributed by atoms with van der Waals surface area (Å²) in [5.74, 6) is 0.395. The van der Waals surface area contributed by atoms with Gasteiger partial charge in [0.15, 0.2) is 0 Å². The molecule has 1 aliphatic heterocycles. The molecule has 0 bridgehead atoms. The molecule has 112 valence electrons. The fourth-order valence-corrected chi connectivity index (χ4v) is 2.75. The van der Waals surface area contributed by atoms with Crippen molar-refractivity contribution in [1.82, 2.24) is 5.32 Å². The van der Waals surface area contributed by atoms with Crippen molar-refractivity contribution in [1.29, 1.82) is 0 Å². The minimum Gasteiger partial charge on any atom is -0.404 e. The van der Waals surface area contributed by atoms with Gasteiger partial charge in [-0.15, -0.1) is 0 Å². The van der Waals surface area contributed by atoms with Crippen molar-refractivity contribution in [3.8, 4) is 0 Å². The topological polar surface area (TPSA) is 77.5 Å². The maximum Gasteiger partial charge on any atom is 0.433 e. The summed E-state index contributed by atoms with van der Waals surface area (Å²) in [6.07, 6.45) is 3.95. The summed E-state index contributed by atoms with van der Waals surface area (Å²) in [6, 6.07) is 3.41. The quantitative estimate of drug-likeness (QED) is 0.641. The van der Waals surface area contributed by atoms with Crippen molar-refractivity contribution < 1.29 is 14.1 Å². The molecule has 6 nitrogen and oxygen atoms in total. The molecule has 1 atom stereocenters. The van der Waals surface area contributed by atoms with E-state index in [9.17, 15) is 10.1 Å². The number of nitro groups is 1. The lowest BCUT2D eigenvalue weighted by Gasteiger charge is -2.40. The maximum atomic E-state index is 10.6. The van der Waals surface area contributed by atoms with Gasteiger partial charge in [-0.2, -0.15) is 0 Å². The zero-order valence-electron chi connectivity index (χ0n) is 12.1. The van der Waals surface area contributed by atoms with E-state index in [0.717, 1.165) is 32.3 Å². The molecule has 1 aromatic heterocycles. The Balaban J connectivity index is 1.88. The first kappa shape index (κ1) is 15.0. The van der Waals surface area contributed by atoms with Gasteiger partial charge in [-0.3, -0.25) is 10.1 Å². The van der Waals surface area contributed by atoms with Crippen LogP contribution in [0.25, 0.3) is 0 Å². The third kappa shape index (κ3) is 3.37. The molecule has 1 fully saturated rings. The summed E-state index contributed by atoms with van der Waals surface area (Å²) < 4.78 is 11.1. The minimum absolute atomic E-state index is 0.0227. The highest BCUT2D eigenvalue weighted by molar-refractivity contribution is 5.17. The lowest BCUT2D eigenvalue weighted by Crippen LogP contribution is -2.46. The summed E-state index contributed by atoms with van der Waals surface area (Å²) >= 11 is 0. The van der Waals surface area contributed by atoms with Gasteiger partial charge in [0.1, 0.15) is 10.7 Å². The average Bonchev–Trinajstić information content (AvgIpc) is 2.94. The van der Waals surface area contributed by atoms with E-state index in [1.54, 1.807) is 6.07 Å². The fraction of sp³-hybridized carbons (Fsp3) is 0.714. The Labute approximate surface area is 118 Å². The molecule has 20 heavy (non-hydrogen) atoms. The first-order valence-corrected chi connectivity index (χ1v) is 7.19. The maximum absolute atomic E-state index is 10.6. The molecule has 0 radical (unpaired) electrons. The number of hydrogen-bond acceptors (Lipinski definition) is 5. The van der Waals surface area contributed by atoms with Crippen LogP contribution >= 0.6 is 0 Å². The first-order chi connectivity index (χ1) is 9.58. The Bertz CT molecular complexity index is 454. The van der Waals surface area contributed by atoms with Gasteiger partial charge in [0.2, 0.25) is 0 Å². The molecule has 6 heteroatoms. The lowest BCUT2D eigenvalue weighted by molar-refractivity contribution is -0.402. The predicted molar refractivity (Wildman–Crippen MR) is 74.5 cm³/mol. The molecule has 1 saturated heterocycles. The normalized spacial score (nSPS) is 21.8. The van der Waals surface area contributed by atoms with Crippen LogP contribution in [0.5, 0.6) is 0 Å². The Morgan fingerprint density at radius 3 is 2.80 bits per heavy atom. The largest absolute Gasteiger partial charge is 0.433 e. The van der Waals surface area contributed by atoms with E-state index in [-0.39, 0.29) is 11.5 Å². The second kappa shape index (κ2) is 6.37. The molecule has 1 unspecified atom stereocenters. The van der Waals surface area contributed by atoms with Crippen molar-refractivity contribution in [2.75, 3.05) is 6.61 Å². The highest BCUT2D eigenvalue weighted by atomic mass is 16.6. The monoisotopic (exact) mass is 282 g/mol. The first-order valence-electron chi connectivity index (χ1n) is 7.19. The summed E-state index contributed by atoms with van der Waals surface area (Å²) in [6.45, 7) is 5.59. The number of ether oxygens (including phenoxy) is 1. The molecule has 0 aromatic carbocycles. The fourth-order valence-electron chi connectivity index (χ4n) is 2.75. The van der Waals surface area contributed by atoms with E-state index in [2.05, 4.69) is 19.2 Å². The number of hydrogen-bond donors (Lipinski definition) is 1. The van der Waals surface area contributed by atoms with E-state index in [1.807, 2.05) is 0 Å². The molecule has 2 heterocycles. The van der Waals surface area contributed by atoms with Gasteiger partial charge in [0.05, 0.1) is 18.2 Å². The van der Waals surface area contributed by atoms with Gasteiger partial charge in [-0.25, -0.2) is 0 Å². The summed E-state index contributed by atoms with van der Waals surface area (Å²) in [5, 5.41) is 14.0. The van der Waals surface area contributed by atoms with Crippen molar-refractivity contribution in [3.05, 3.63) is 28.0 Å². The SMILES string of the molecule is CCC1(CC)CC(NCc2ccc([N+](=O)[O-])o2)CCO1. The highest BCUT2D eigenvalue weighted by Crippen LogP contribution is 2.31. The van der Waals surface area contributed by atoms with Crippen molar-refractivity contribution in [2.45, 2.75) is 57.7 Å². The second-order valence-corrected chi connectivity index (χ2v) is 5.31. The van der Waals surface area contributed by atoms with Gasteiger partial charge in [0, 0.05) is 12.6 Å². The Hall–Kier alpha value is -1.40. The van der Waals surface area contributed by atoms with Crippen LogP contribution in [0.3, 0.4) is 0 Å². The van der Waals surface area contributed by atoms with Crippen molar-refractivity contribution in [2.24, 2.45) is 0 Å². The molecule has 1 N–H and O–H groups in total. The Morgan fingerprint density at radius 2 is 2.20 bits per heavy atom. The Morgan fingerprint density at radius 1 is 1.45 bits per heavy atom. The summed E-state index contributed by atoms with van der Waals surface area (Å²) in [7, 11) is 0. The van der Waals surface area contributed by atoms with Crippen LogP contribution in [0.1, 0.15) is 45.3 Å². The molecule has 0 spiro atoms. The molecular weight excluding hydrogens is 260 g/mol. The number of rotatable bonds is 6. The van der Waals surface area contributed by atoms with Gasteiger partial charge >= 0.3 is 5.88 Å². The van der Waals surface area contributed by atoms with Crippen molar-refractivity contribution >= 4 is 5.88 Å². The zero-order valence-corrected chi connectivity index (χ0v) is 12.1. The Kier molecular flexibility index (Phi) is 4.77. The van der Waals surface area contributed by atoms with Crippen LogP contribution < -0.4 is 5.32 Å². The van der Waals surface area contributed by atoms with Gasteiger partial charge < -0.3 is 14.5 Å². The van der Waals surface area contributed by atoms with Crippen LogP contribution in [0.4, 0.5) is 5.88 Å². The second-order valence-electron chi connectivity index (χ2n) is 5.31. The van der Waals surface area contributed by atoms with E-state index < -0.39 is 4.92 Å². The van der Waals surface area contributed by atoms with Crippen molar-refractivity contribution in [3.63, 3.8) is 0 Å². The number of furan rings is 1. The van der Waals surface area contributed by atoms with Gasteiger partial charge in [-0.1, -0.05) is 13.8 Å². The highest BCUT2D eigenvalue weighted by Gasteiger charge is 2.34. The number of nitrogens with zero attached hydrogens (tertiary/aromatic N) is 1. The summed E-state index contributed by atoms with van der Waals surface area (Å²) in [4.78, 5) is 10.0. The van der Waals surface area contributed by atoms with E-state index >= 15 is 0 Å². The molecule has 0 amide bonds. The zero-order chi connectivity index (χ0) is 14.6.